The van der Waals surface area contributed by atoms with Gasteiger partial charge in [0.2, 0.25) is 0 Å². The van der Waals surface area contributed by atoms with Crippen molar-refractivity contribution in [2.45, 2.75) is 4.90 Å². The van der Waals surface area contributed by atoms with Gasteiger partial charge in [0.25, 0.3) is 0 Å². The van der Waals surface area contributed by atoms with Gasteiger partial charge in [-0.15, -0.1) is 0 Å². The molecule has 0 bridgehead atoms. The zero-order chi connectivity index (χ0) is 15.0. The summed E-state index contributed by atoms with van der Waals surface area (Å²) in [5.74, 6) is 0.161. The predicted octanol–water partition coefficient (Wildman–Crippen LogP) is 3.62. The quantitative estimate of drug-likeness (QED) is 0.786. The molecule has 3 aromatic rings. The van der Waals surface area contributed by atoms with Gasteiger partial charge in [0.15, 0.2) is 9.84 Å². The van der Waals surface area contributed by atoms with Crippen LogP contribution >= 0.6 is 0 Å². The van der Waals surface area contributed by atoms with E-state index in [-0.39, 0.29) is 10.6 Å². The van der Waals surface area contributed by atoms with Crippen molar-refractivity contribution >= 4 is 20.6 Å². The predicted molar refractivity (Wildman–Crippen MR) is 84.2 cm³/mol. The second-order valence-corrected chi connectivity index (χ2v) is 7.03. The minimum Gasteiger partial charge on any atom is -0.508 e. The van der Waals surface area contributed by atoms with Crippen molar-refractivity contribution in [1.82, 2.24) is 0 Å². The van der Waals surface area contributed by atoms with E-state index in [9.17, 15) is 13.5 Å². The number of rotatable bonds is 2. The number of hydrogen-bond acceptors (Lipinski definition) is 3. The standard InChI is InChI=1S/C17H14O3S/c1-21(19,20)15-7-4-6-13(10-15)17-11-14(18)9-12-5-2-3-8-16(12)17/h2-11,18H,1H3. The molecule has 0 aromatic heterocycles. The Labute approximate surface area is 123 Å². The molecule has 4 heteroatoms. The van der Waals surface area contributed by atoms with Crippen molar-refractivity contribution in [3.63, 3.8) is 0 Å². The first-order chi connectivity index (χ1) is 9.95. The zero-order valence-corrected chi connectivity index (χ0v) is 12.3. The highest BCUT2D eigenvalue weighted by atomic mass is 32.2. The van der Waals surface area contributed by atoms with E-state index in [1.165, 1.54) is 6.26 Å². The summed E-state index contributed by atoms with van der Waals surface area (Å²) in [7, 11) is -3.26. The van der Waals surface area contributed by atoms with Crippen LogP contribution in [0.4, 0.5) is 0 Å². The molecule has 0 saturated carbocycles. The van der Waals surface area contributed by atoms with Crippen LogP contribution in [-0.2, 0) is 9.84 Å². The van der Waals surface area contributed by atoms with E-state index in [0.29, 0.717) is 0 Å². The van der Waals surface area contributed by atoms with E-state index in [0.717, 1.165) is 21.9 Å². The Bertz CT molecular complexity index is 928. The molecule has 0 atom stereocenters. The smallest absolute Gasteiger partial charge is 0.175 e. The van der Waals surface area contributed by atoms with Gasteiger partial charge in [-0.3, -0.25) is 0 Å². The van der Waals surface area contributed by atoms with E-state index < -0.39 is 9.84 Å². The molecule has 3 rings (SSSR count). The summed E-state index contributed by atoms with van der Waals surface area (Å²) in [5, 5.41) is 11.8. The molecule has 1 N–H and O–H groups in total. The lowest BCUT2D eigenvalue weighted by Crippen LogP contribution is -1.96. The van der Waals surface area contributed by atoms with Crippen LogP contribution in [0.3, 0.4) is 0 Å². The maximum absolute atomic E-state index is 11.7. The van der Waals surface area contributed by atoms with Crippen molar-refractivity contribution in [3.05, 3.63) is 60.7 Å². The average Bonchev–Trinajstić information content (AvgIpc) is 2.45. The Morgan fingerprint density at radius 1 is 0.905 bits per heavy atom. The lowest BCUT2D eigenvalue weighted by atomic mass is 9.98. The van der Waals surface area contributed by atoms with Crippen molar-refractivity contribution in [3.8, 4) is 16.9 Å². The minimum absolute atomic E-state index is 0.161. The molecule has 0 saturated heterocycles. The van der Waals surface area contributed by atoms with Crippen LogP contribution < -0.4 is 0 Å². The first-order valence-corrected chi connectivity index (χ1v) is 8.36. The third-order valence-corrected chi connectivity index (χ3v) is 4.53. The highest BCUT2D eigenvalue weighted by Crippen LogP contribution is 2.33. The summed E-state index contributed by atoms with van der Waals surface area (Å²) in [5.41, 5.74) is 1.58. The van der Waals surface area contributed by atoms with E-state index in [1.54, 1.807) is 30.3 Å². The second kappa shape index (κ2) is 4.90. The first-order valence-electron chi connectivity index (χ1n) is 6.47. The number of sulfone groups is 1. The van der Waals surface area contributed by atoms with Gasteiger partial charge in [-0.05, 0) is 46.2 Å². The van der Waals surface area contributed by atoms with Gasteiger partial charge in [0, 0.05) is 6.26 Å². The largest absolute Gasteiger partial charge is 0.508 e. The number of fused-ring (bicyclic) bond motifs is 1. The average molecular weight is 298 g/mol. The number of phenols is 1. The topological polar surface area (TPSA) is 54.4 Å². The monoisotopic (exact) mass is 298 g/mol. The van der Waals surface area contributed by atoms with Crippen LogP contribution in [-0.4, -0.2) is 19.8 Å². The summed E-state index contributed by atoms with van der Waals surface area (Å²) in [6.45, 7) is 0. The van der Waals surface area contributed by atoms with Crippen molar-refractivity contribution in [2.75, 3.05) is 6.26 Å². The van der Waals surface area contributed by atoms with E-state index in [1.807, 2.05) is 30.3 Å². The number of benzene rings is 3. The lowest BCUT2D eigenvalue weighted by Gasteiger charge is -2.09. The number of phenolic OH excluding ortho intramolecular Hbond substituents is 1. The summed E-state index contributed by atoms with van der Waals surface area (Å²) in [6, 6.07) is 17.8. The summed E-state index contributed by atoms with van der Waals surface area (Å²) in [4.78, 5) is 0.271. The molecule has 3 aromatic carbocycles. The third-order valence-electron chi connectivity index (χ3n) is 3.42. The Balaban J connectivity index is 2.31. The van der Waals surface area contributed by atoms with Crippen molar-refractivity contribution in [1.29, 1.82) is 0 Å². The van der Waals surface area contributed by atoms with Crippen molar-refractivity contribution in [2.24, 2.45) is 0 Å². The van der Waals surface area contributed by atoms with Crippen LogP contribution in [0.25, 0.3) is 21.9 Å². The lowest BCUT2D eigenvalue weighted by molar-refractivity contribution is 0.476. The molecule has 0 radical (unpaired) electrons. The summed E-state index contributed by atoms with van der Waals surface area (Å²) < 4.78 is 23.4. The molecule has 3 nitrogen and oxygen atoms in total. The van der Waals surface area contributed by atoms with Gasteiger partial charge < -0.3 is 5.11 Å². The third kappa shape index (κ3) is 2.62. The Morgan fingerprint density at radius 3 is 2.43 bits per heavy atom. The molecule has 0 aliphatic heterocycles. The van der Waals surface area contributed by atoms with Crippen LogP contribution in [0.5, 0.6) is 5.75 Å². The fraction of sp³-hybridized carbons (Fsp3) is 0.0588. The van der Waals surface area contributed by atoms with Gasteiger partial charge in [-0.2, -0.15) is 0 Å². The maximum Gasteiger partial charge on any atom is 0.175 e. The van der Waals surface area contributed by atoms with Gasteiger partial charge in [-0.25, -0.2) is 8.42 Å². The highest BCUT2D eigenvalue weighted by molar-refractivity contribution is 7.90. The second-order valence-electron chi connectivity index (χ2n) is 5.01. The van der Waals surface area contributed by atoms with Crippen LogP contribution in [0, 0.1) is 0 Å². The molecule has 106 valence electrons. The van der Waals surface area contributed by atoms with Gasteiger partial charge in [0.05, 0.1) is 4.90 Å². The molecule has 0 unspecified atom stereocenters. The number of hydrogen-bond donors (Lipinski definition) is 1. The molecule has 0 spiro atoms. The minimum atomic E-state index is -3.26. The SMILES string of the molecule is CS(=O)(=O)c1cccc(-c2cc(O)cc3ccccc23)c1. The van der Waals surface area contributed by atoms with Crippen molar-refractivity contribution < 1.29 is 13.5 Å². The Kier molecular flexibility index (Phi) is 3.18. The molecular weight excluding hydrogens is 284 g/mol. The Morgan fingerprint density at radius 2 is 1.67 bits per heavy atom. The van der Waals surface area contributed by atoms with E-state index in [4.69, 9.17) is 0 Å². The molecule has 0 fully saturated rings. The normalized spacial score (nSPS) is 11.7. The maximum atomic E-state index is 11.7. The van der Waals surface area contributed by atoms with Crippen LogP contribution in [0.15, 0.2) is 65.6 Å². The summed E-state index contributed by atoms with van der Waals surface area (Å²) >= 11 is 0. The van der Waals surface area contributed by atoms with Crippen LogP contribution in [0.2, 0.25) is 0 Å². The van der Waals surface area contributed by atoms with Gasteiger partial charge in [-0.1, -0.05) is 36.4 Å². The molecule has 0 aliphatic rings. The summed E-state index contributed by atoms with van der Waals surface area (Å²) in [6.07, 6.45) is 1.19. The van der Waals surface area contributed by atoms with Gasteiger partial charge >= 0.3 is 0 Å². The number of aromatic hydroxyl groups is 1. The highest BCUT2D eigenvalue weighted by Gasteiger charge is 2.11. The van der Waals surface area contributed by atoms with Crippen LogP contribution in [0.1, 0.15) is 0 Å². The molecule has 0 amide bonds. The zero-order valence-electron chi connectivity index (χ0n) is 11.4. The fourth-order valence-electron chi connectivity index (χ4n) is 2.43. The fourth-order valence-corrected chi connectivity index (χ4v) is 3.09. The van der Waals surface area contributed by atoms with Gasteiger partial charge in [0.1, 0.15) is 5.75 Å². The molecule has 21 heavy (non-hydrogen) atoms. The molecule has 0 heterocycles. The first kappa shape index (κ1) is 13.6. The van der Waals surface area contributed by atoms with E-state index in [2.05, 4.69) is 0 Å². The molecule has 0 aliphatic carbocycles. The Hall–Kier alpha value is -2.33. The van der Waals surface area contributed by atoms with E-state index >= 15 is 0 Å². The molecular formula is C17H14O3S.